The van der Waals surface area contributed by atoms with E-state index in [-0.39, 0.29) is 0 Å². The first-order chi connectivity index (χ1) is 7.81. The molecule has 3 nitrogen and oxygen atoms in total. The fraction of sp³-hybridized carbons (Fsp3) is 0.364. The van der Waals surface area contributed by atoms with Crippen molar-refractivity contribution < 1.29 is 22.8 Å². The molecule has 0 bridgehead atoms. The van der Waals surface area contributed by atoms with Crippen molar-refractivity contribution in [3.63, 3.8) is 0 Å². The summed E-state index contributed by atoms with van der Waals surface area (Å²) < 4.78 is 35.3. The van der Waals surface area contributed by atoms with Crippen LogP contribution in [0.4, 0.5) is 13.2 Å². The Labute approximate surface area is 96.5 Å². The zero-order valence-corrected chi connectivity index (χ0v) is 9.39. The number of amides is 1. The topological polar surface area (TPSA) is 38.3 Å². The first kappa shape index (κ1) is 13.5. The minimum absolute atomic E-state index is 0.298. The average molecular weight is 247 g/mol. The van der Waals surface area contributed by atoms with Crippen LogP contribution >= 0.6 is 0 Å². The number of aryl methyl sites for hydroxylation is 1. The summed E-state index contributed by atoms with van der Waals surface area (Å²) in [7, 11) is 0. The van der Waals surface area contributed by atoms with E-state index in [2.05, 4.69) is 4.84 Å². The van der Waals surface area contributed by atoms with Gasteiger partial charge >= 0.3 is 6.18 Å². The SMILES string of the molecule is Cc1cccc(C(=O)NOCC(F)(F)F)c1C. The Balaban J connectivity index is 2.62. The Hall–Kier alpha value is -1.56. The van der Waals surface area contributed by atoms with E-state index in [1.54, 1.807) is 18.5 Å². The molecule has 0 unspecified atom stereocenters. The molecular weight excluding hydrogens is 235 g/mol. The molecule has 0 fully saturated rings. The first-order valence-corrected chi connectivity index (χ1v) is 4.86. The molecule has 1 amide bonds. The van der Waals surface area contributed by atoms with Crippen molar-refractivity contribution in [3.05, 3.63) is 34.9 Å². The Morgan fingerprint density at radius 2 is 2.00 bits per heavy atom. The molecule has 0 saturated heterocycles. The number of halogens is 3. The number of hydrogen-bond acceptors (Lipinski definition) is 2. The largest absolute Gasteiger partial charge is 0.414 e. The van der Waals surface area contributed by atoms with Gasteiger partial charge in [-0.1, -0.05) is 12.1 Å². The number of alkyl halides is 3. The zero-order valence-electron chi connectivity index (χ0n) is 9.39. The van der Waals surface area contributed by atoms with Crippen molar-refractivity contribution >= 4 is 5.91 Å². The van der Waals surface area contributed by atoms with Crippen LogP contribution in [0, 0.1) is 13.8 Å². The van der Waals surface area contributed by atoms with Crippen LogP contribution in [0.3, 0.4) is 0 Å². The van der Waals surface area contributed by atoms with Gasteiger partial charge in [0.05, 0.1) is 0 Å². The number of hydroxylamine groups is 1. The first-order valence-electron chi connectivity index (χ1n) is 4.86. The molecule has 0 aromatic heterocycles. The maximum absolute atomic E-state index is 11.8. The van der Waals surface area contributed by atoms with Crippen LogP contribution in [-0.4, -0.2) is 18.7 Å². The molecule has 1 N–H and O–H groups in total. The van der Waals surface area contributed by atoms with E-state index >= 15 is 0 Å². The van der Waals surface area contributed by atoms with Crippen LogP contribution in [0.1, 0.15) is 21.5 Å². The zero-order chi connectivity index (χ0) is 13.1. The summed E-state index contributed by atoms with van der Waals surface area (Å²) in [5, 5.41) is 0. The van der Waals surface area contributed by atoms with Crippen molar-refractivity contribution in [3.8, 4) is 0 Å². The second-order valence-corrected chi connectivity index (χ2v) is 3.58. The molecule has 1 rings (SSSR count). The summed E-state index contributed by atoms with van der Waals surface area (Å²) in [5.74, 6) is -0.685. The van der Waals surface area contributed by atoms with E-state index in [0.29, 0.717) is 11.1 Å². The summed E-state index contributed by atoms with van der Waals surface area (Å²) >= 11 is 0. The van der Waals surface area contributed by atoms with Gasteiger partial charge in [0.1, 0.15) is 0 Å². The third kappa shape index (κ3) is 4.07. The highest BCUT2D eigenvalue weighted by Gasteiger charge is 2.28. The Bertz CT molecular complexity index is 416. The van der Waals surface area contributed by atoms with Gasteiger partial charge in [-0.3, -0.25) is 9.63 Å². The number of hydrogen-bond donors (Lipinski definition) is 1. The van der Waals surface area contributed by atoms with Crippen molar-refractivity contribution in [2.24, 2.45) is 0 Å². The van der Waals surface area contributed by atoms with Gasteiger partial charge in [0, 0.05) is 5.56 Å². The van der Waals surface area contributed by atoms with E-state index in [0.717, 1.165) is 5.56 Å². The van der Waals surface area contributed by atoms with E-state index < -0.39 is 18.7 Å². The van der Waals surface area contributed by atoms with Gasteiger partial charge in [0.15, 0.2) is 6.61 Å². The fourth-order valence-electron chi connectivity index (χ4n) is 1.24. The highest BCUT2D eigenvalue weighted by molar-refractivity contribution is 5.95. The van der Waals surface area contributed by atoms with Crippen molar-refractivity contribution in [2.45, 2.75) is 20.0 Å². The van der Waals surface area contributed by atoms with Crippen molar-refractivity contribution in [2.75, 3.05) is 6.61 Å². The molecule has 6 heteroatoms. The van der Waals surface area contributed by atoms with Crippen LogP contribution in [0.5, 0.6) is 0 Å². The molecule has 17 heavy (non-hydrogen) atoms. The Morgan fingerprint density at radius 3 is 2.59 bits per heavy atom. The molecule has 0 heterocycles. The van der Waals surface area contributed by atoms with Crippen molar-refractivity contribution in [1.29, 1.82) is 0 Å². The Morgan fingerprint density at radius 1 is 1.35 bits per heavy atom. The van der Waals surface area contributed by atoms with Crippen LogP contribution in [0.25, 0.3) is 0 Å². The van der Waals surface area contributed by atoms with Gasteiger partial charge in [-0.25, -0.2) is 5.48 Å². The quantitative estimate of drug-likeness (QED) is 0.833. The van der Waals surface area contributed by atoms with Gasteiger partial charge in [0.25, 0.3) is 5.91 Å². The van der Waals surface area contributed by atoms with Crippen LogP contribution < -0.4 is 5.48 Å². The van der Waals surface area contributed by atoms with Crippen molar-refractivity contribution in [1.82, 2.24) is 5.48 Å². The highest BCUT2D eigenvalue weighted by Crippen LogP contribution is 2.15. The lowest BCUT2D eigenvalue weighted by Crippen LogP contribution is -2.30. The molecule has 0 aliphatic carbocycles. The standard InChI is InChI=1S/C11H12F3NO2/c1-7-4-3-5-9(8(7)2)10(16)15-17-6-11(12,13)14/h3-5H,6H2,1-2H3,(H,15,16). The third-order valence-electron chi connectivity index (χ3n) is 2.25. The lowest BCUT2D eigenvalue weighted by Gasteiger charge is -2.10. The molecule has 0 spiro atoms. The van der Waals surface area contributed by atoms with E-state index in [1.165, 1.54) is 6.07 Å². The smallest absolute Gasteiger partial charge is 0.267 e. The molecule has 0 aliphatic heterocycles. The normalized spacial score (nSPS) is 11.4. The minimum atomic E-state index is -4.46. The number of rotatable bonds is 3. The number of benzene rings is 1. The molecule has 0 radical (unpaired) electrons. The number of nitrogens with one attached hydrogen (secondary N) is 1. The maximum Gasteiger partial charge on any atom is 0.414 e. The summed E-state index contributed by atoms with van der Waals surface area (Å²) in [5.41, 5.74) is 3.65. The molecular formula is C11H12F3NO2. The van der Waals surface area contributed by atoms with Gasteiger partial charge in [0.2, 0.25) is 0 Å². The number of carbonyl (C=O) groups excluding carboxylic acids is 1. The van der Waals surface area contributed by atoms with E-state index in [9.17, 15) is 18.0 Å². The molecule has 0 atom stereocenters. The van der Waals surface area contributed by atoms with Gasteiger partial charge < -0.3 is 0 Å². The average Bonchev–Trinajstić information content (AvgIpc) is 2.20. The van der Waals surface area contributed by atoms with E-state index in [1.807, 2.05) is 13.0 Å². The second kappa shape index (κ2) is 5.18. The highest BCUT2D eigenvalue weighted by atomic mass is 19.4. The van der Waals surface area contributed by atoms with Crippen LogP contribution in [0.2, 0.25) is 0 Å². The van der Waals surface area contributed by atoms with Gasteiger partial charge in [-0.2, -0.15) is 13.2 Å². The lowest BCUT2D eigenvalue weighted by molar-refractivity contribution is -0.184. The summed E-state index contributed by atoms with van der Waals surface area (Å²) in [6.07, 6.45) is -4.46. The monoisotopic (exact) mass is 247 g/mol. The lowest BCUT2D eigenvalue weighted by atomic mass is 10.0. The second-order valence-electron chi connectivity index (χ2n) is 3.58. The predicted molar refractivity (Wildman–Crippen MR) is 55.4 cm³/mol. The molecule has 1 aromatic carbocycles. The number of carbonyl (C=O) groups is 1. The van der Waals surface area contributed by atoms with Crippen LogP contribution in [0.15, 0.2) is 18.2 Å². The summed E-state index contributed by atoms with van der Waals surface area (Å²) in [6, 6.07) is 4.98. The summed E-state index contributed by atoms with van der Waals surface area (Å²) in [4.78, 5) is 15.6. The Kier molecular flexibility index (Phi) is 4.11. The molecule has 0 saturated carbocycles. The maximum atomic E-state index is 11.8. The molecule has 1 aromatic rings. The van der Waals surface area contributed by atoms with Crippen LogP contribution in [-0.2, 0) is 4.84 Å². The molecule has 0 aliphatic rings. The summed E-state index contributed by atoms with van der Waals surface area (Å²) in [6.45, 7) is 2.01. The van der Waals surface area contributed by atoms with Gasteiger partial charge in [-0.05, 0) is 31.0 Å². The predicted octanol–water partition coefficient (Wildman–Crippen LogP) is 2.53. The molecule has 94 valence electrons. The third-order valence-corrected chi connectivity index (χ3v) is 2.25. The fourth-order valence-corrected chi connectivity index (χ4v) is 1.24. The van der Waals surface area contributed by atoms with Gasteiger partial charge in [-0.15, -0.1) is 0 Å². The minimum Gasteiger partial charge on any atom is -0.267 e. The van der Waals surface area contributed by atoms with E-state index in [4.69, 9.17) is 0 Å².